The number of amides is 1. The highest BCUT2D eigenvalue weighted by Gasteiger charge is 2.53. The second kappa shape index (κ2) is 6.63. The molecule has 3 rings (SSSR count). The number of benzene rings is 1. The molecule has 2 saturated heterocycles. The van der Waals surface area contributed by atoms with Crippen molar-refractivity contribution in [2.24, 2.45) is 5.92 Å². The lowest BCUT2D eigenvalue weighted by Crippen LogP contribution is -2.56. The van der Waals surface area contributed by atoms with Gasteiger partial charge in [-0.25, -0.2) is 4.79 Å². The Labute approximate surface area is 140 Å². The molecule has 6 nitrogen and oxygen atoms in total. The Morgan fingerprint density at radius 2 is 1.83 bits per heavy atom. The van der Waals surface area contributed by atoms with Gasteiger partial charge in [0.25, 0.3) is 0 Å². The van der Waals surface area contributed by atoms with Crippen LogP contribution in [0.25, 0.3) is 0 Å². The molecule has 4 atom stereocenters. The van der Waals surface area contributed by atoms with Crippen molar-refractivity contribution in [3.63, 3.8) is 0 Å². The van der Waals surface area contributed by atoms with Gasteiger partial charge in [0.2, 0.25) is 5.91 Å². The van der Waals surface area contributed by atoms with Gasteiger partial charge in [-0.05, 0) is 25.0 Å². The minimum absolute atomic E-state index is 0.0157. The maximum Gasteiger partial charge on any atom is 0.338 e. The van der Waals surface area contributed by atoms with Crippen LogP contribution in [-0.4, -0.2) is 48.0 Å². The number of hydrogen-bond acceptors (Lipinski definition) is 5. The molecule has 0 N–H and O–H groups in total. The minimum Gasteiger partial charge on any atom is -0.469 e. The van der Waals surface area contributed by atoms with Gasteiger partial charge in [-0.1, -0.05) is 18.2 Å². The standard InChI is InChI=1S/C18H21NO5/c1-11(20)19-13-8-9-14(19)16(18(22)23-2)15(10-13)24-17(21)12-6-4-3-5-7-12/h3-7,13-16H,8-10H2,1-2H3/t13-,14?,15+,16?/m1/s1. The predicted molar refractivity (Wildman–Crippen MR) is 85.1 cm³/mol. The Bertz CT molecular complexity index is 644. The number of carbonyl (C=O) groups excluding carboxylic acids is 3. The van der Waals surface area contributed by atoms with E-state index in [1.165, 1.54) is 14.0 Å². The zero-order chi connectivity index (χ0) is 17.3. The van der Waals surface area contributed by atoms with Crippen molar-refractivity contribution in [2.45, 2.75) is 44.4 Å². The molecule has 2 aliphatic heterocycles. The van der Waals surface area contributed by atoms with Gasteiger partial charge in [-0.15, -0.1) is 0 Å². The van der Waals surface area contributed by atoms with Crippen LogP contribution in [0.4, 0.5) is 0 Å². The molecule has 0 aliphatic carbocycles. The van der Waals surface area contributed by atoms with Gasteiger partial charge in [-0.2, -0.15) is 0 Å². The Balaban J connectivity index is 1.83. The third-order valence-electron chi connectivity index (χ3n) is 4.97. The summed E-state index contributed by atoms with van der Waals surface area (Å²) in [5.74, 6) is -1.57. The molecule has 2 fully saturated rings. The van der Waals surface area contributed by atoms with Gasteiger partial charge in [0.15, 0.2) is 0 Å². The van der Waals surface area contributed by atoms with Gasteiger partial charge in [-0.3, -0.25) is 9.59 Å². The third kappa shape index (κ3) is 2.88. The second-order valence-corrected chi connectivity index (χ2v) is 6.32. The molecule has 2 unspecified atom stereocenters. The molecule has 1 aromatic carbocycles. The topological polar surface area (TPSA) is 72.9 Å². The molecule has 128 valence electrons. The minimum atomic E-state index is -0.634. The molecule has 1 amide bonds. The van der Waals surface area contributed by atoms with E-state index in [-0.39, 0.29) is 18.0 Å². The van der Waals surface area contributed by atoms with Gasteiger partial charge >= 0.3 is 11.9 Å². The third-order valence-corrected chi connectivity index (χ3v) is 4.97. The fourth-order valence-electron chi connectivity index (χ4n) is 4.00. The first-order valence-corrected chi connectivity index (χ1v) is 8.15. The highest BCUT2D eigenvalue weighted by atomic mass is 16.6. The van der Waals surface area contributed by atoms with E-state index in [0.29, 0.717) is 12.0 Å². The summed E-state index contributed by atoms with van der Waals surface area (Å²) in [5.41, 5.74) is 0.447. The first-order chi connectivity index (χ1) is 11.5. The number of rotatable bonds is 3. The average molecular weight is 331 g/mol. The number of carbonyl (C=O) groups is 3. The van der Waals surface area contributed by atoms with Crippen LogP contribution in [0.1, 0.15) is 36.5 Å². The summed E-state index contributed by atoms with van der Waals surface area (Å²) in [6, 6.07) is 8.44. The molecule has 0 saturated carbocycles. The smallest absolute Gasteiger partial charge is 0.338 e. The van der Waals surface area contributed by atoms with E-state index in [0.717, 1.165) is 12.8 Å². The summed E-state index contributed by atoms with van der Waals surface area (Å²) in [6.07, 6.45) is 1.44. The van der Waals surface area contributed by atoms with Crippen molar-refractivity contribution >= 4 is 17.8 Å². The summed E-state index contributed by atoms with van der Waals surface area (Å²) in [6.45, 7) is 1.51. The molecule has 6 heteroatoms. The molecular weight excluding hydrogens is 310 g/mol. The second-order valence-electron chi connectivity index (χ2n) is 6.32. The maximum absolute atomic E-state index is 12.4. The van der Waals surface area contributed by atoms with Crippen LogP contribution in [0.15, 0.2) is 30.3 Å². The molecule has 0 radical (unpaired) electrons. The Morgan fingerprint density at radius 3 is 2.46 bits per heavy atom. The molecule has 2 bridgehead atoms. The number of esters is 2. The Kier molecular flexibility index (Phi) is 4.55. The van der Waals surface area contributed by atoms with Crippen molar-refractivity contribution in [1.82, 2.24) is 4.90 Å². The molecule has 0 spiro atoms. The van der Waals surface area contributed by atoms with E-state index in [2.05, 4.69) is 0 Å². The van der Waals surface area contributed by atoms with Crippen LogP contribution < -0.4 is 0 Å². The molecule has 0 aromatic heterocycles. The normalized spacial score (nSPS) is 28.3. The van der Waals surface area contributed by atoms with E-state index < -0.39 is 24.0 Å². The number of piperidine rings is 1. The highest BCUT2D eigenvalue weighted by Crippen LogP contribution is 2.41. The zero-order valence-corrected chi connectivity index (χ0v) is 13.8. The van der Waals surface area contributed by atoms with E-state index >= 15 is 0 Å². The number of nitrogens with zero attached hydrogens (tertiary/aromatic N) is 1. The molecule has 1 aromatic rings. The van der Waals surface area contributed by atoms with E-state index in [9.17, 15) is 14.4 Å². The number of fused-ring (bicyclic) bond motifs is 2. The quantitative estimate of drug-likeness (QED) is 0.790. The van der Waals surface area contributed by atoms with Crippen molar-refractivity contribution < 1.29 is 23.9 Å². The van der Waals surface area contributed by atoms with E-state index in [1.54, 1.807) is 29.2 Å². The van der Waals surface area contributed by atoms with Gasteiger partial charge in [0.05, 0.1) is 12.7 Å². The van der Waals surface area contributed by atoms with E-state index in [1.807, 2.05) is 6.07 Å². The summed E-state index contributed by atoms with van der Waals surface area (Å²) in [5, 5.41) is 0. The monoisotopic (exact) mass is 331 g/mol. The summed E-state index contributed by atoms with van der Waals surface area (Å²) in [7, 11) is 1.32. The van der Waals surface area contributed by atoms with Crippen LogP contribution in [0.5, 0.6) is 0 Å². The van der Waals surface area contributed by atoms with Crippen LogP contribution >= 0.6 is 0 Å². The van der Waals surface area contributed by atoms with Crippen LogP contribution in [0, 0.1) is 5.92 Å². The lowest BCUT2D eigenvalue weighted by Gasteiger charge is -2.42. The predicted octanol–water partition coefficient (Wildman–Crippen LogP) is 1.78. The highest BCUT2D eigenvalue weighted by molar-refractivity contribution is 5.90. The van der Waals surface area contributed by atoms with Crippen molar-refractivity contribution in [2.75, 3.05) is 7.11 Å². The fraction of sp³-hybridized carbons (Fsp3) is 0.500. The Hall–Kier alpha value is -2.37. The largest absolute Gasteiger partial charge is 0.469 e. The zero-order valence-electron chi connectivity index (χ0n) is 13.8. The summed E-state index contributed by atoms with van der Waals surface area (Å²) < 4.78 is 10.6. The van der Waals surface area contributed by atoms with Crippen molar-refractivity contribution in [1.29, 1.82) is 0 Å². The van der Waals surface area contributed by atoms with Crippen LogP contribution in [0.3, 0.4) is 0 Å². The molecule has 2 aliphatic rings. The fourth-order valence-corrected chi connectivity index (χ4v) is 4.00. The van der Waals surface area contributed by atoms with Gasteiger partial charge in [0, 0.05) is 25.4 Å². The van der Waals surface area contributed by atoms with Gasteiger partial charge in [0.1, 0.15) is 12.0 Å². The molecular formula is C18H21NO5. The Morgan fingerprint density at radius 1 is 1.12 bits per heavy atom. The van der Waals surface area contributed by atoms with Crippen molar-refractivity contribution in [3.05, 3.63) is 35.9 Å². The lowest BCUT2D eigenvalue weighted by molar-refractivity contribution is -0.159. The number of methoxy groups -OCH3 is 1. The van der Waals surface area contributed by atoms with Gasteiger partial charge < -0.3 is 14.4 Å². The lowest BCUT2D eigenvalue weighted by atomic mass is 9.87. The summed E-state index contributed by atoms with van der Waals surface area (Å²) >= 11 is 0. The van der Waals surface area contributed by atoms with E-state index in [4.69, 9.17) is 9.47 Å². The number of hydrogen-bond donors (Lipinski definition) is 0. The van der Waals surface area contributed by atoms with Crippen LogP contribution in [-0.2, 0) is 19.1 Å². The SMILES string of the molecule is COC(=O)C1C2CC[C@H](C[C@@H]1OC(=O)c1ccccc1)N2C(C)=O. The number of ether oxygens (including phenoxy) is 2. The van der Waals surface area contributed by atoms with Crippen LogP contribution in [0.2, 0.25) is 0 Å². The van der Waals surface area contributed by atoms with Crippen molar-refractivity contribution in [3.8, 4) is 0 Å². The first kappa shape index (κ1) is 16.5. The maximum atomic E-state index is 12.4. The molecule has 2 heterocycles. The average Bonchev–Trinajstić information content (AvgIpc) is 2.90. The first-order valence-electron chi connectivity index (χ1n) is 8.15. The summed E-state index contributed by atoms with van der Waals surface area (Å²) in [4.78, 5) is 38.4. The molecule has 24 heavy (non-hydrogen) atoms.